The van der Waals surface area contributed by atoms with Gasteiger partial charge in [0.15, 0.2) is 0 Å². The summed E-state index contributed by atoms with van der Waals surface area (Å²) in [5, 5.41) is 0.483. The van der Waals surface area contributed by atoms with Crippen molar-refractivity contribution in [3.8, 4) is 0 Å². The molecule has 0 bridgehead atoms. The van der Waals surface area contributed by atoms with Gasteiger partial charge in [0, 0.05) is 30.3 Å². The quantitative estimate of drug-likeness (QED) is 0.661. The van der Waals surface area contributed by atoms with E-state index in [1.807, 2.05) is 0 Å². The fraction of sp³-hybridized carbons (Fsp3) is 0.429. The van der Waals surface area contributed by atoms with Crippen LogP contribution in [0.2, 0.25) is 5.02 Å². The zero-order valence-corrected chi connectivity index (χ0v) is 17.1. The van der Waals surface area contributed by atoms with Crippen LogP contribution in [-0.2, 0) is 22.2 Å². The molecular weight excluding hydrogens is 380 g/mol. The van der Waals surface area contributed by atoms with Gasteiger partial charge >= 0.3 is 0 Å². The van der Waals surface area contributed by atoms with Crippen LogP contribution in [0.4, 0.5) is 5.69 Å². The maximum atomic E-state index is 12.2. The standard InChI is InChI=1S/C21H27ClN2O2S/c22-21-9-3-2-8-19(21)17-27(25,26)23-14-6-7-18-10-12-20(13-11-18)24-15-4-1-5-16-24/h2-3,8-13,23H,1,4-7,14-17H2. The molecule has 2 aromatic carbocycles. The summed E-state index contributed by atoms with van der Waals surface area (Å²) in [5.41, 5.74) is 3.15. The minimum absolute atomic E-state index is 0.0861. The van der Waals surface area contributed by atoms with Crippen LogP contribution < -0.4 is 9.62 Å². The number of aryl methyl sites for hydroxylation is 1. The molecule has 1 aliphatic rings. The monoisotopic (exact) mass is 406 g/mol. The average Bonchev–Trinajstić information content (AvgIpc) is 2.68. The van der Waals surface area contributed by atoms with Gasteiger partial charge in [0.2, 0.25) is 10.0 Å². The molecule has 1 saturated heterocycles. The molecular formula is C21H27ClN2O2S. The molecule has 1 heterocycles. The highest BCUT2D eigenvalue weighted by Crippen LogP contribution is 2.21. The first-order chi connectivity index (χ1) is 13.0. The van der Waals surface area contributed by atoms with E-state index >= 15 is 0 Å². The molecule has 1 aliphatic heterocycles. The molecule has 0 amide bonds. The Hall–Kier alpha value is -1.56. The van der Waals surface area contributed by atoms with Crippen molar-refractivity contribution in [2.75, 3.05) is 24.5 Å². The van der Waals surface area contributed by atoms with Crippen molar-refractivity contribution >= 4 is 27.3 Å². The summed E-state index contributed by atoms with van der Waals surface area (Å²) < 4.78 is 27.1. The Balaban J connectivity index is 1.43. The minimum Gasteiger partial charge on any atom is -0.372 e. The minimum atomic E-state index is -3.37. The zero-order chi connectivity index (χ0) is 19.1. The number of hydrogen-bond acceptors (Lipinski definition) is 3. The van der Waals surface area contributed by atoms with E-state index in [0.717, 1.165) is 25.9 Å². The van der Waals surface area contributed by atoms with Crippen molar-refractivity contribution in [1.82, 2.24) is 4.72 Å². The molecule has 0 atom stereocenters. The van der Waals surface area contributed by atoms with Crippen LogP contribution in [0.1, 0.15) is 36.8 Å². The van der Waals surface area contributed by atoms with Crippen molar-refractivity contribution in [3.63, 3.8) is 0 Å². The maximum Gasteiger partial charge on any atom is 0.215 e. The second-order valence-electron chi connectivity index (χ2n) is 7.06. The Bertz CT molecular complexity index is 832. The molecule has 146 valence electrons. The summed E-state index contributed by atoms with van der Waals surface area (Å²) >= 11 is 6.04. The Labute approximate surface area is 167 Å². The Morgan fingerprint density at radius 1 is 0.963 bits per heavy atom. The summed E-state index contributed by atoms with van der Waals surface area (Å²) in [6, 6.07) is 15.7. The first kappa shape index (κ1) is 20.2. The second-order valence-corrected chi connectivity index (χ2v) is 9.28. The van der Waals surface area contributed by atoms with E-state index in [2.05, 4.69) is 33.9 Å². The molecule has 2 aromatic rings. The Morgan fingerprint density at radius 2 is 1.67 bits per heavy atom. The van der Waals surface area contributed by atoms with Crippen LogP contribution in [0.15, 0.2) is 48.5 Å². The molecule has 0 aromatic heterocycles. The number of sulfonamides is 1. The van der Waals surface area contributed by atoms with Gasteiger partial charge in [-0.1, -0.05) is 41.9 Å². The lowest BCUT2D eigenvalue weighted by Gasteiger charge is -2.28. The highest BCUT2D eigenvalue weighted by molar-refractivity contribution is 7.88. The first-order valence-corrected chi connectivity index (χ1v) is 11.6. The van der Waals surface area contributed by atoms with Crippen molar-refractivity contribution in [3.05, 3.63) is 64.7 Å². The molecule has 3 rings (SSSR count). The van der Waals surface area contributed by atoms with E-state index < -0.39 is 10.0 Å². The predicted octanol–water partition coefficient (Wildman–Crippen LogP) is 4.38. The second kappa shape index (κ2) is 9.58. The lowest BCUT2D eigenvalue weighted by atomic mass is 10.1. The fourth-order valence-electron chi connectivity index (χ4n) is 3.42. The third kappa shape index (κ3) is 6.23. The molecule has 0 aliphatic carbocycles. The molecule has 6 heteroatoms. The Morgan fingerprint density at radius 3 is 2.37 bits per heavy atom. The van der Waals surface area contributed by atoms with Gasteiger partial charge in [-0.15, -0.1) is 0 Å². The van der Waals surface area contributed by atoms with Gasteiger partial charge in [0.1, 0.15) is 0 Å². The maximum absolute atomic E-state index is 12.2. The smallest absolute Gasteiger partial charge is 0.215 e. The van der Waals surface area contributed by atoms with E-state index in [4.69, 9.17) is 11.6 Å². The topological polar surface area (TPSA) is 49.4 Å². The molecule has 27 heavy (non-hydrogen) atoms. The average molecular weight is 407 g/mol. The van der Waals surface area contributed by atoms with E-state index in [0.29, 0.717) is 17.1 Å². The summed E-state index contributed by atoms with van der Waals surface area (Å²) in [6.07, 6.45) is 5.51. The van der Waals surface area contributed by atoms with Gasteiger partial charge in [0.25, 0.3) is 0 Å². The molecule has 1 fully saturated rings. The largest absolute Gasteiger partial charge is 0.372 e. The Kier molecular flexibility index (Phi) is 7.16. The number of benzene rings is 2. The molecule has 1 N–H and O–H groups in total. The number of piperidine rings is 1. The SMILES string of the molecule is O=S(=O)(Cc1ccccc1Cl)NCCCc1ccc(N2CCCCC2)cc1. The molecule has 0 radical (unpaired) electrons. The predicted molar refractivity (Wildman–Crippen MR) is 113 cm³/mol. The lowest BCUT2D eigenvalue weighted by molar-refractivity contribution is 0.577. The van der Waals surface area contributed by atoms with Crippen molar-refractivity contribution in [2.45, 2.75) is 37.9 Å². The van der Waals surface area contributed by atoms with Crippen molar-refractivity contribution in [2.24, 2.45) is 0 Å². The number of anilines is 1. The number of hydrogen-bond donors (Lipinski definition) is 1. The van der Waals surface area contributed by atoms with Gasteiger partial charge < -0.3 is 4.90 Å². The third-order valence-corrected chi connectivity index (χ3v) is 6.63. The molecule has 4 nitrogen and oxygen atoms in total. The first-order valence-electron chi connectivity index (χ1n) is 9.58. The molecule has 0 unspecified atom stereocenters. The number of rotatable bonds is 8. The van der Waals surface area contributed by atoms with Crippen molar-refractivity contribution < 1.29 is 8.42 Å². The highest BCUT2D eigenvalue weighted by Gasteiger charge is 2.13. The van der Waals surface area contributed by atoms with E-state index in [-0.39, 0.29) is 5.75 Å². The van der Waals surface area contributed by atoms with Gasteiger partial charge in [0.05, 0.1) is 5.75 Å². The van der Waals surface area contributed by atoms with Gasteiger partial charge in [-0.3, -0.25) is 0 Å². The summed E-state index contributed by atoms with van der Waals surface area (Å²) in [5.74, 6) is -0.0861. The van der Waals surface area contributed by atoms with Crippen molar-refractivity contribution in [1.29, 1.82) is 0 Å². The summed E-state index contributed by atoms with van der Waals surface area (Å²) in [7, 11) is -3.37. The van der Waals surface area contributed by atoms with Crippen LogP contribution in [0.25, 0.3) is 0 Å². The lowest BCUT2D eigenvalue weighted by Crippen LogP contribution is -2.29. The van der Waals surface area contributed by atoms with Crippen LogP contribution in [-0.4, -0.2) is 28.1 Å². The van der Waals surface area contributed by atoms with Crippen LogP contribution in [0, 0.1) is 0 Å². The van der Waals surface area contributed by atoms with Gasteiger partial charge in [-0.05, 0) is 61.4 Å². The fourth-order valence-corrected chi connectivity index (χ4v) is 4.92. The van der Waals surface area contributed by atoms with Crippen LogP contribution in [0.5, 0.6) is 0 Å². The summed E-state index contributed by atoms with van der Waals surface area (Å²) in [6.45, 7) is 2.72. The van der Waals surface area contributed by atoms with Crippen LogP contribution >= 0.6 is 11.6 Å². The molecule has 0 saturated carbocycles. The third-order valence-electron chi connectivity index (χ3n) is 4.93. The highest BCUT2D eigenvalue weighted by atomic mass is 35.5. The normalized spacial score (nSPS) is 15.1. The summed E-state index contributed by atoms with van der Waals surface area (Å²) in [4.78, 5) is 2.44. The van der Waals surface area contributed by atoms with Gasteiger partial charge in [-0.2, -0.15) is 0 Å². The van der Waals surface area contributed by atoms with Crippen LogP contribution in [0.3, 0.4) is 0 Å². The molecule has 0 spiro atoms. The van der Waals surface area contributed by atoms with E-state index in [1.54, 1.807) is 24.3 Å². The van der Waals surface area contributed by atoms with E-state index in [1.165, 1.54) is 30.5 Å². The number of nitrogens with one attached hydrogen (secondary N) is 1. The van der Waals surface area contributed by atoms with E-state index in [9.17, 15) is 8.42 Å². The number of nitrogens with zero attached hydrogens (tertiary/aromatic N) is 1. The van der Waals surface area contributed by atoms with Gasteiger partial charge in [-0.25, -0.2) is 13.1 Å². The zero-order valence-electron chi connectivity index (χ0n) is 15.5. The number of halogens is 1.